The second-order valence-corrected chi connectivity index (χ2v) is 5.61. The predicted molar refractivity (Wildman–Crippen MR) is 79.0 cm³/mol. The third-order valence-corrected chi connectivity index (χ3v) is 3.32. The molecular weight excluding hydrogens is 312 g/mol. The lowest BCUT2D eigenvalue weighted by Gasteiger charge is -2.05. The molecule has 0 radical (unpaired) electrons. The highest BCUT2D eigenvalue weighted by atomic mass is 32.1. The van der Waals surface area contributed by atoms with Crippen LogP contribution < -0.4 is 10.6 Å². The third kappa shape index (κ3) is 3.85. The van der Waals surface area contributed by atoms with Gasteiger partial charge in [-0.15, -0.1) is 11.3 Å². The number of hydrogen-bond donors (Lipinski definition) is 2. The Hall–Kier alpha value is -2.35. The first-order valence-electron chi connectivity index (χ1n) is 6.39. The highest BCUT2D eigenvalue weighted by molar-refractivity contribution is 7.14. The molecule has 0 aliphatic rings. The Morgan fingerprint density at radius 1 is 1.18 bits per heavy atom. The normalized spacial score (nSPS) is 10.6. The van der Waals surface area contributed by atoms with Crippen LogP contribution in [-0.4, -0.2) is 22.8 Å². The minimum atomic E-state index is -1.11. The number of anilines is 1. The maximum Gasteiger partial charge on any atom is 0.271 e. The van der Waals surface area contributed by atoms with Crippen LogP contribution in [0, 0.1) is 11.6 Å². The Balaban J connectivity index is 2.07. The van der Waals surface area contributed by atoms with E-state index in [0.29, 0.717) is 0 Å². The predicted octanol–water partition coefficient (Wildman–Crippen LogP) is 2.81. The number of nitrogens with one attached hydrogen (secondary N) is 2. The maximum absolute atomic E-state index is 13.1. The van der Waals surface area contributed by atoms with Crippen molar-refractivity contribution in [2.24, 2.45) is 0 Å². The van der Waals surface area contributed by atoms with Crippen molar-refractivity contribution in [1.29, 1.82) is 0 Å². The molecule has 2 amide bonds. The van der Waals surface area contributed by atoms with Gasteiger partial charge >= 0.3 is 0 Å². The van der Waals surface area contributed by atoms with Crippen molar-refractivity contribution in [2.45, 2.75) is 19.9 Å². The first-order valence-corrected chi connectivity index (χ1v) is 7.27. The zero-order valence-corrected chi connectivity index (χ0v) is 12.6. The van der Waals surface area contributed by atoms with E-state index in [1.165, 1.54) is 5.38 Å². The van der Waals surface area contributed by atoms with Gasteiger partial charge in [0.15, 0.2) is 16.8 Å². The summed E-state index contributed by atoms with van der Waals surface area (Å²) in [5.74, 6) is -3.12. The topological polar surface area (TPSA) is 71.1 Å². The number of carbonyl (C=O) groups is 2. The molecule has 116 valence electrons. The van der Waals surface area contributed by atoms with Gasteiger partial charge in [0, 0.05) is 17.0 Å². The number of hydrogen-bond acceptors (Lipinski definition) is 4. The summed E-state index contributed by atoms with van der Waals surface area (Å²) >= 11 is 1.06. The molecule has 1 aromatic heterocycles. The zero-order valence-electron chi connectivity index (χ0n) is 11.8. The van der Waals surface area contributed by atoms with E-state index in [2.05, 4.69) is 15.6 Å². The maximum atomic E-state index is 13.1. The first-order chi connectivity index (χ1) is 10.4. The standard InChI is InChI=1S/C14H13F2N3O2S/c1-7(2)17-13(21)11-6-22-14(18-11)19-12(20)8-3-4-9(15)10(16)5-8/h3-7H,1-2H3,(H,17,21)(H,18,19,20). The van der Waals surface area contributed by atoms with E-state index in [9.17, 15) is 18.4 Å². The fourth-order valence-electron chi connectivity index (χ4n) is 1.58. The van der Waals surface area contributed by atoms with E-state index >= 15 is 0 Å². The van der Waals surface area contributed by atoms with E-state index in [1.54, 1.807) is 0 Å². The molecule has 0 fully saturated rings. The van der Waals surface area contributed by atoms with Crippen LogP contribution in [0.5, 0.6) is 0 Å². The van der Waals surface area contributed by atoms with Gasteiger partial charge in [-0.1, -0.05) is 0 Å². The van der Waals surface area contributed by atoms with Gasteiger partial charge in [-0.2, -0.15) is 0 Å². The minimum Gasteiger partial charge on any atom is -0.349 e. The van der Waals surface area contributed by atoms with Gasteiger partial charge in [-0.05, 0) is 32.0 Å². The van der Waals surface area contributed by atoms with E-state index < -0.39 is 17.5 Å². The number of benzene rings is 1. The van der Waals surface area contributed by atoms with Crippen molar-refractivity contribution in [3.8, 4) is 0 Å². The summed E-state index contributed by atoms with van der Waals surface area (Å²) < 4.78 is 25.9. The number of nitrogens with zero attached hydrogens (tertiary/aromatic N) is 1. The number of thiazole rings is 1. The Bertz CT molecular complexity index is 716. The second-order valence-electron chi connectivity index (χ2n) is 4.75. The SMILES string of the molecule is CC(C)NC(=O)c1csc(NC(=O)c2ccc(F)c(F)c2)n1. The molecule has 0 aliphatic carbocycles. The summed E-state index contributed by atoms with van der Waals surface area (Å²) in [7, 11) is 0. The first kappa shape index (κ1) is 16.0. The van der Waals surface area contributed by atoms with Gasteiger partial charge in [-0.25, -0.2) is 13.8 Å². The smallest absolute Gasteiger partial charge is 0.271 e. The zero-order chi connectivity index (χ0) is 16.3. The lowest BCUT2D eigenvalue weighted by molar-refractivity contribution is 0.0937. The Morgan fingerprint density at radius 3 is 2.55 bits per heavy atom. The molecule has 0 aliphatic heterocycles. The van der Waals surface area contributed by atoms with Crippen LogP contribution in [0.2, 0.25) is 0 Å². The van der Waals surface area contributed by atoms with Crippen LogP contribution in [0.3, 0.4) is 0 Å². The molecular formula is C14H13F2N3O2S. The van der Waals surface area contributed by atoms with Crippen LogP contribution in [0.4, 0.5) is 13.9 Å². The second kappa shape index (κ2) is 6.61. The molecule has 0 bridgehead atoms. The van der Waals surface area contributed by atoms with Crippen LogP contribution in [0.1, 0.15) is 34.7 Å². The molecule has 22 heavy (non-hydrogen) atoms. The van der Waals surface area contributed by atoms with Crippen LogP contribution in [-0.2, 0) is 0 Å². The van der Waals surface area contributed by atoms with Gasteiger partial charge in [0.25, 0.3) is 11.8 Å². The molecule has 1 heterocycles. The van der Waals surface area contributed by atoms with Crippen molar-refractivity contribution >= 4 is 28.3 Å². The molecule has 8 heteroatoms. The summed E-state index contributed by atoms with van der Waals surface area (Å²) in [6.07, 6.45) is 0. The average molecular weight is 325 g/mol. The largest absolute Gasteiger partial charge is 0.349 e. The van der Waals surface area contributed by atoms with Gasteiger partial charge in [0.1, 0.15) is 5.69 Å². The van der Waals surface area contributed by atoms with E-state index in [4.69, 9.17) is 0 Å². The average Bonchev–Trinajstić information content (AvgIpc) is 2.89. The van der Waals surface area contributed by atoms with Crippen molar-refractivity contribution < 1.29 is 18.4 Å². The molecule has 0 saturated heterocycles. The summed E-state index contributed by atoms with van der Waals surface area (Å²) in [6, 6.07) is 2.79. The third-order valence-electron chi connectivity index (χ3n) is 2.56. The quantitative estimate of drug-likeness (QED) is 0.908. The summed E-state index contributed by atoms with van der Waals surface area (Å²) in [6.45, 7) is 3.63. The molecule has 2 aromatic rings. The van der Waals surface area contributed by atoms with Gasteiger partial charge in [-0.3, -0.25) is 14.9 Å². The van der Waals surface area contributed by atoms with E-state index in [1.807, 2.05) is 13.8 Å². The lowest BCUT2D eigenvalue weighted by atomic mass is 10.2. The van der Waals surface area contributed by atoms with Crippen molar-refractivity contribution in [1.82, 2.24) is 10.3 Å². The molecule has 0 spiro atoms. The van der Waals surface area contributed by atoms with Gasteiger partial charge in [0.05, 0.1) is 0 Å². The van der Waals surface area contributed by atoms with E-state index in [0.717, 1.165) is 29.5 Å². The van der Waals surface area contributed by atoms with Crippen LogP contribution in [0.15, 0.2) is 23.6 Å². The fraction of sp³-hybridized carbons (Fsp3) is 0.214. The Labute approximate surface area is 129 Å². The highest BCUT2D eigenvalue weighted by Crippen LogP contribution is 2.17. The molecule has 0 saturated carbocycles. The number of carbonyl (C=O) groups excluding carboxylic acids is 2. The molecule has 0 atom stereocenters. The molecule has 2 rings (SSSR count). The summed E-state index contributed by atoms with van der Waals surface area (Å²) in [5, 5.41) is 6.80. The molecule has 2 N–H and O–H groups in total. The lowest BCUT2D eigenvalue weighted by Crippen LogP contribution is -2.30. The Kier molecular flexibility index (Phi) is 4.81. The minimum absolute atomic E-state index is 0.0329. The monoisotopic (exact) mass is 325 g/mol. The van der Waals surface area contributed by atoms with Crippen molar-refractivity contribution in [3.63, 3.8) is 0 Å². The number of halogens is 2. The van der Waals surface area contributed by atoms with E-state index in [-0.39, 0.29) is 28.3 Å². The van der Waals surface area contributed by atoms with Gasteiger partial charge < -0.3 is 5.32 Å². The molecule has 5 nitrogen and oxygen atoms in total. The summed E-state index contributed by atoms with van der Waals surface area (Å²) in [5.41, 5.74) is 0.140. The molecule has 1 aromatic carbocycles. The highest BCUT2D eigenvalue weighted by Gasteiger charge is 2.15. The van der Waals surface area contributed by atoms with Crippen LogP contribution in [0.25, 0.3) is 0 Å². The molecule has 0 unspecified atom stereocenters. The van der Waals surface area contributed by atoms with Gasteiger partial charge in [0.2, 0.25) is 0 Å². The fourth-order valence-corrected chi connectivity index (χ4v) is 2.26. The van der Waals surface area contributed by atoms with Crippen molar-refractivity contribution in [2.75, 3.05) is 5.32 Å². The number of rotatable bonds is 4. The Morgan fingerprint density at radius 2 is 1.91 bits per heavy atom. The summed E-state index contributed by atoms with van der Waals surface area (Å²) in [4.78, 5) is 27.6. The van der Waals surface area contributed by atoms with Crippen molar-refractivity contribution in [3.05, 3.63) is 46.5 Å². The number of aromatic nitrogens is 1. The number of amides is 2. The van der Waals surface area contributed by atoms with Crippen LogP contribution >= 0.6 is 11.3 Å².